The van der Waals surface area contributed by atoms with Crippen LogP contribution in [-0.2, 0) is 21.4 Å². The highest BCUT2D eigenvalue weighted by Gasteiger charge is 2.29. The normalized spacial score (nSPS) is 16.1. The van der Waals surface area contributed by atoms with Crippen LogP contribution in [0.4, 0.5) is 5.69 Å². The molecule has 192 valence electrons. The monoisotopic (exact) mass is 574 g/mol. The molecule has 1 amide bonds. The number of hydrogen-bond acceptors (Lipinski definition) is 6. The predicted molar refractivity (Wildman–Crippen MR) is 154 cm³/mol. The van der Waals surface area contributed by atoms with Gasteiger partial charge in [0.25, 0.3) is 15.9 Å². The molecule has 0 aliphatic carbocycles. The Morgan fingerprint density at radius 2 is 1.89 bits per heavy atom. The minimum atomic E-state index is -4.19. The lowest BCUT2D eigenvalue weighted by Crippen LogP contribution is -2.29. The third-order valence-electron chi connectivity index (χ3n) is 5.78. The number of para-hydroxylation sites is 1. The summed E-state index contributed by atoms with van der Waals surface area (Å²) in [5.74, 6) is -0.846. The lowest BCUT2D eigenvalue weighted by atomic mass is 10.0. The number of allylic oxidation sites excluding steroid dienone is 1. The van der Waals surface area contributed by atoms with Crippen molar-refractivity contribution < 1.29 is 18.3 Å². The summed E-state index contributed by atoms with van der Waals surface area (Å²) in [4.78, 5) is 14.5. The van der Waals surface area contributed by atoms with E-state index in [9.17, 15) is 18.3 Å². The number of carbonyl (C=O) groups excluding carboxylic acids is 1. The van der Waals surface area contributed by atoms with Crippen molar-refractivity contribution in [3.63, 3.8) is 0 Å². The fourth-order valence-corrected chi connectivity index (χ4v) is 6.20. The number of hydrogen-bond donors (Lipinski definition) is 2. The summed E-state index contributed by atoms with van der Waals surface area (Å²) in [6.07, 6.45) is 1.98. The molecule has 6 nitrogen and oxygen atoms in total. The smallest absolute Gasteiger partial charge is 0.270 e. The summed E-state index contributed by atoms with van der Waals surface area (Å²) in [7, 11) is -4.19. The first-order chi connectivity index (χ1) is 17.5. The Morgan fingerprint density at radius 1 is 1.16 bits per heavy atom. The molecule has 0 bridgehead atoms. The van der Waals surface area contributed by atoms with E-state index in [4.69, 9.17) is 23.2 Å². The first-order valence-electron chi connectivity index (χ1n) is 11.2. The molecule has 3 aromatic carbocycles. The number of carbonyl (C=O) groups is 1. The van der Waals surface area contributed by atoms with Crippen LogP contribution in [0.2, 0.25) is 0 Å². The van der Waals surface area contributed by atoms with Gasteiger partial charge in [0.15, 0.2) is 0 Å². The van der Waals surface area contributed by atoms with Crippen molar-refractivity contribution in [2.45, 2.75) is 19.6 Å². The van der Waals surface area contributed by atoms with Crippen LogP contribution < -0.4 is 9.62 Å². The Morgan fingerprint density at radius 3 is 2.62 bits per heavy atom. The van der Waals surface area contributed by atoms with Crippen LogP contribution in [0, 0.1) is 0 Å². The van der Waals surface area contributed by atoms with E-state index in [2.05, 4.69) is 41.8 Å². The van der Waals surface area contributed by atoms with Crippen LogP contribution in [-0.4, -0.2) is 26.0 Å². The fourth-order valence-electron chi connectivity index (χ4n) is 4.06. The summed E-state index contributed by atoms with van der Waals surface area (Å²) < 4.78 is 26.5. The van der Waals surface area contributed by atoms with Crippen LogP contribution in [0.15, 0.2) is 87.0 Å². The van der Waals surface area contributed by atoms with Gasteiger partial charge in [-0.1, -0.05) is 96.1 Å². The summed E-state index contributed by atoms with van der Waals surface area (Å²) in [6, 6.07) is 19.8. The zero-order valence-electron chi connectivity index (χ0n) is 19.8. The molecule has 4 rings (SSSR count). The molecule has 1 heterocycles. The van der Waals surface area contributed by atoms with Gasteiger partial charge in [-0.2, -0.15) is 0 Å². The lowest BCUT2D eigenvalue weighted by molar-refractivity contribution is -0.114. The highest BCUT2D eigenvalue weighted by Crippen LogP contribution is 2.39. The third-order valence-corrected chi connectivity index (χ3v) is 9.38. The van der Waals surface area contributed by atoms with Crippen LogP contribution in [0.25, 0.3) is 16.8 Å². The minimum absolute atomic E-state index is 0.0462. The second-order valence-corrected chi connectivity index (χ2v) is 12.7. The van der Waals surface area contributed by atoms with Gasteiger partial charge in [0.05, 0.1) is 16.2 Å². The van der Waals surface area contributed by atoms with Gasteiger partial charge in [-0.05, 0) is 41.0 Å². The number of aliphatic hydroxyl groups is 1. The van der Waals surface area contributed by atoms with Crippen molar-refractivity contribution in [2.75, 3.05) is 11.4 Å². The molecule has 10 heteroatoms. The first kappa shape index (κ1) is 27.3. The number of nitrogens with one attached hydrogen (secondary N) is 1. The Hall–Kier alpha value is -2.75. The van der Waals surface area contributed by atoms with E-state index in [1.807, 2.05) is 29.0 Å². The number of nitrogens with zero attached hydrogens (tertiary/aromatic N) is 1. The molecule has 0 saturated heterocycles. The van der Waals surface area contributed by atoms with Crippen molar-refractivity contribution in [3.8, 4) is 0 Å². The molecule has 0 spiro atoms. The van der Waals surface area contributed by atoms with Crippen molar-refractivity contribution in [2.24, 2.45) is 0 Å². The van der Waals surface area contributed by atoms with E-state index in [-0.39, 0.29) is 13.6 Å². The SMILES string of the molecule is C=C(S/C(Cl)=C(\C)Cl)S(=O)(=O)NC(=O)/C=C/c1cccc2c1N(Cc1ccc3ccccc3c1)CC2O. The number of rotatable bonds is 8. The highest BCUT2D eigenvalue weighted by molar-refractivity contribution is 8.21. The molecule has 1 unspecified atom stereocenters. The molecule has 37 heavy (non-hydrogen) atoms. The zero-order valence-corrected chi connectivity index (χ0v) is 23.0. The molecule has 1 atom stereocenters. The Bertz CT molecular complexity index is 1550. The van der Waals surface area contributed by atoms with Crippen LogP contribution in [0.5, 0.6) is 0 Å². The molecule has 0 radical (unpaired) electrons. The average molecular weight is 576 g/mol. The van der Waals surface area contributed by atoms with E-state index in [0.29, 0.717) is 30.4 Å². The first-order valence-corrected chi connectivity index (χ1v) is 14.3. The van der Waals surface area contributed by atoms with Crippen molar-refractivity contribution in [1.29, 1.82) is 0 Å². The summed E-state index contributed by atoms with van der Waals surface area (Å²) in [6.45, 7) is 5.94. The van der Waals surface area contributed by atoms with E-state index in [1.165, 1.54) is 13.0 Å². The largest absolute Gasteiger partial charge is 0.386 e. The highest BCUT2D eigenvalue weighted by atomic mass is 35.5. The van der Waals surface area contributed by atoms with Crippen molar-refractivity contribution in [1.82, 2.24) is 4.72 Å². The van der Waals surface area contributed by atoms with Crippen LogP contribution in [0.3, 0.4) is 0 Å². The number of benzene rings is 3. The molecule has 1 aliphatic rings. The molecule has 0 aromatic heterocycles. The van der Waals surface area contributed by atoms with Crippen LogP contribution in [0.1, 0.15) is 29.7 Å². The number of aliphatic hydroxyl groups excluding tert-OH is 1. The molecule has 0 saturated carbocycles. The van der Waals surface area contributed by atoms with Crippen LogP contribution >= 0.6 is 35.0 Å². The van der Waals surface area contributed by atoms with Gasteiger partial charge in [-0.15, -0.1) is 0 Å². The average Bonchev–Trinajstić information content (AvgIpc) is 3.17. The van der Waals surface area contributed by atoms with E-state index >= 15 is 0 Å². The number of thioether (sulfide) groups is 1. The van der Waals surface area contributed by atoms with E-state index in [0.717, 1.165) is 33.7 Å². The second kappa shape index (κ2) is 11.3. The maximum absolute atomic E-state index is 12.5. The lowest BCUT2D eigenvalue weighted by Gasteiger charge is -2.21. The standard InChI is InChI=1S/C27H24Cl2N2O4S2/c1-17(28)27(29)36-18(2)37(34,35)30-25(33)13-12-21-8-5-9-23-24(32)16-31(26(21)23)15-19-10-11-20-6-3-4-7-22(20)14-19/h3-14,24,32H,2,15-16H2,1H3,(H,30,33)/b13-12+,27-17+. The number of fused-ring (bicyclic) bond motifs is 2. The van der Waals surface area contributed by atoms with Gasteiger partial charge in [0.1, 0.15) is 4.24 Å². The van der Waals surface area contributed by atoms with Gasteiger partial charge in [-0.25, -0.2) is 13.1 Å². The number of β-amino-alcohol motifs (C(OH)–C–C–N with tert-alkyl or cyclic N) is 1. The summed E-state index contributed by atoms with van der Waals surface area (Å²) >= 11 is 12.3. The molecule has 2 N–H and O–H groups in total. The van der Waals surface area contributed by atoms with Gasteiger partial charge < -0.3 is 10.0 Å². The number of halogens is 2. The van der Waals surface area contributed by atoms with Gasteiger partial charge in [0.2, 0.25) is 0 Å². The van der Waals surface area contributed by atoms with Gasteiger partial charge >= 0.3 is 0 Å². The van der Waals surface area contributed by atoms with Gasteiger partial charge in [0, 0.05) is 29.8 Å². The molecular weight excluding hydrogens is 551 g/mol. The van der Waals surface area contributed by atoms with Gasteiger partial charge in [-0.3, -0.25) is 4.79 Å². The minimum Gasteiger partial charge on any atom is -0.386 e. The fraction of sp³-hybridized carbons (Fsp3) is 0.148. The Labute approximate surface area is 230 Å². The maximum atomic E-state index is 12.5. The summed E-state index contributed by atoms with van der Waals surface area (Å²) in [5.41, 5.74) is 3.31. The number of amides is 1. The molecule has 3 aromatic rings. The number of sulfonamides is 1. The van der Waals surface area contributed by atoms with E-state index in [1.54, 1.807) is 6.07 Å². The zero-order chi connectivity index (χ0) is 26.7. The van der Waals surface area contributed by atoms with E-state index < -0.39 is 22.0 Å². The molecular formula is C27H24Cl2N2O4S2. The summed E-state index contributed by atoms with van der Waals surface area (Å²) in [5, 5.41) is 13.2. The predicted octanol–water partition coefficient (Wildman–Crippen LogP) is 6.22. The van der Waals surface area contributed by atoms with Crippen molar-refractivity contribution in [3.05, 3.63) is 104 Å². The molecule has 1 aliphatic heterocycles. The quantitative estimate of drug-likeness (QED) is 0.310. The van der Waals surface area contributed by atoms with Crippen molar-refractivity contribution >= 4 is 73.4 Å². The number of anilines is 1. The Balaban J connectivity index is 1.53. The Kier molecular flexibility index (Phi) is 8.36. The maximum Gasteiger partial charge on any atom is 0.270 e. The molecule has 0 fully saturated rings. The third kappa shape index (κ3) is 6.40. The second-order valence-electron chi connectivity index (χ2n) is 8.45. The topological polar surface area (TPSA) is 86.7 Å².